The first-order chi connectivity index (χ1) is 4.88. The minimum atomic E-state index is 0. The Kier molecular flexibility index (Phi) is 9.31. The van der Waals surface area contributed by atoms with E-state index in [2.05, 4.69) is 4.98 Å². The van der Waals surface area contributed by atoms with Crippen LogP contribution in [-0.2, 0) is 6.54 Å². The van der Waals surface area contributed by atoms with E-state index in [-0.39, 0.29) is 24.8 Å². The van der Waals surface area contributed by atoms with Gasteiger partial charge in [0.25, 0.3) is 0 Å². The fourth-order valence-electron chi connectivity index (χ4n) is 0.767. The average molecular weight is 227 g/mol. The first kappa shape index (κ1) is 14.6. The highest BCUT2D eigenvalue weighted by atomic mass is 35.5. The minimum Gasteiger partial charge on any atom is -0.326 e. The Morgan fingerprint density at radius 2 is 2.17 bits per heavy atom. The van der Waals surface area contributed by atoms with Crippen molar-refractivity contribution >= 4 is 36.6 Å². The van der Waals surface area contributed by atoms with E-state index in [1.165, 1.54) is 4.90 Å². The van der Waals surface area contributed by atoms with Crippen LogP contribution in [0.3, 0.4) is 0 Å². The van der Waals surface area contributed by atoms with E-state index in [0.717, 1.165) is 5.56 Å². The number of halogens is 2. The third kappa shape index (κ3) is 3.63. The number of thioether (sulfide) groups is 1. The molecule has 0 amide bonds. The molecule has 5 heteroatoms. The van der Waals surface area contributed by atoms with Crippen molar-refractivity contribution in [2.24, 2.45) is 5.73 Å². The van der Waals surface area contributed by atoms with Crippen molar-refractivity contribution in [2.75, 3.05) is 6.26 Å². The van der Waals surface area contributed by atoms with Crippen LogP contribution in [-0.4, -0.2) is 11.2 Å². The zero-order chi connectivity index (χ0) is 7.40. The molecule has 0 unspecified atom stereocenters. The van der Waals surface area contributed by atoms with Crippen molar-refractivity contribution < 1.29 is 0 Å². The summed E-state index contributed by atoms with van der Waals surface area (Å²) in [5.74, 6) is 0. The fourth-order valence-corrected chi connectivity index (χ4v) is 1.36. The molecule has 0 aromatic carbocycles. The van der Waals surface area contributed by atoms with Gasteiger partial charge in [-0.3, -0.25) is 4.98 Å². The van der Waals surface area contributed by atoms with Gasteiger partial charge in [0, 0.05) is 23.8 Å². The quantitative estimate of drug-likeness (QED) is 0.786. The second-order valence-electron chi connectivity index (χ2n) is 1.89. The molecule has 70 valence electrons. The predicted octanol–water partition coefficient (Wildman–Crippen LogP) is 2.11. The van der Waals surface area contributed by atoms with E-state index in [1.54, 1.807) is 18.0 Å². The van der Waals surface area contributed by atoms with E-state index < -0.39 is 0 Å². The van der Waals surface area contributed by atoms with Gasteiger partial charge in [0.15, 0.2) is 0 Å². The molecule has 0 aliphatic carbocycles. The minimum absolute atomic E-state index is 0. The molecule has 0 aliphatic heterocycles. The SMILES string of the molecule is CSc1ccncc1CN.Cl.Cl. The number of rotatable bonds is 2. The van der Waals surface area contributed by atoms with Gasteiger partial charge in [-0.05, 0) is 17.9 Å². The Balaban J connectivity index is 0. The summed E-state index contributed by atoms with van der Waals surface area (Å²) in [6, 6.07) is 1.98. The number of nitrogens with two attached hydrogens (primary N) is 1. The molecule has 0 spiro atoms. The standard InChI is InChI=1S/C7H10N2S.2ClH/c1-10-7-2-3-9-5-6(7)4-8;;/h2-3,5H,4,8H2,1H3;2*1H. The van der Waals surface area contributed by atoms with E-state index in [4.69, 9.17) is 5.73 Å². The zero-order valence-corrected chi connectivity index (χ0v) is 9.14. The van der Waals surface area contributed by atoms with Crippen LogP contribution >= 0.6 is 36.6 Å². The third-order valence-electron chi connectivity index (χ3n) is 1.30. The van der Waals surface area contributed by atoms with E-state index in [9.17, 15) is 0 Å². The molecule has 0 atom stereocenters. The maximum atomic E-state index is 5.47. The summed E-state index contributed by atoms with van der Waals surface area (Å²) < 4.78 is 0. The van der Waals surface area contributed by atoms with Crippen molar-refractivity contribution in [1.82, 2.24) is 4.98 Å². The van der Waals surface area contributed by atoms with E-state index in [0.29, 0.717) is 6.54 Å². The number of nitrogens with zero attached hydrogens (tertiary/aromatic N) is 1. The molecular formula is C7H12Cl2N2S. The summed E-state index contributed by atoms with van der Waals surface area (Å²) in [5, 5.41) is 0. The molecule has 0 bridgehead atoms. The van der Waals surface area contributed by atoms with Gasteiger partial charge >= 0.3 is 0 Å². The first-order valence-electron chi connectivity index (χ1n) is 3.05. The van der Waals surface area contributed by atoms with Crippen LogP contribution in [0, 0.1) is 0 Å². The lowest BCUT2D eigenvalue weighted by Gasteiger charge is -2.01. The number of pyridine rings is 1. The van der Waals surface area contributed by atoms with Crippen molar-refractivity contribution in [3.63, 3.8) is 0 Å². The molecule has 2 N–H and O–H groups in total. The summed E-state index contributed by atoms with van der Waals surface area (Å²) in [7, 11) is 0. The van der Waals surface area contributed by atoms with Crippen LogP contribution < -0.4 is 5.73 Å². The Morgan fingerprint density at radius 1 is 1.50 bits per heavy atom. The zero-order valence-electron chi connectivity index (χ0n) is 6.69. The maximum Gasteiger partial charge on any atom is 0.0323 e. The molecule has 0 fully saturated rings. The Morgan fingerprint density at radius 3 is 2.58 bits per heavy atom. The van der Waals surface area contributed by atoms with Crippen LogP contribution in [0.15, 0.2) is 23.4 Å². The monoisotopic (exact) mass is 226 g/mol. The van der Waals surface area contributed by atoms with E-state index in [1.807, 2.05) is 18.5 Å². The lowest BCUT2D eigenvalue weighted by Crippen LogP contribution is -1.98. The maximum absolute atomic E-state index is 5.47. The fraction of sp³-hybridized carbons (Fsp3) is 0.286. The topological polar surface area (TPSA) is 38.9 Å². The summed E-state index contributed by atoms with van der Waals surface area (Å²) in [5.41, 5.74) is 6.59. The average Bonchev–Trinajstić information content (AvgIpc) is 2.04. The molecular weight excluding hydrogens is 215 g/mol. The second-order valence-corrected chi connectivity index (χ2v) is 2.74. The first-order valence-corrected chi connectivity index (χ1v) is 4.28. The normalized spacial score (nSPS) is 8.17. The van der Waals surface area contributed by atoms with Crippen LogP contribution in [0.2, 0.25) is 0 Å². The van der Waals surface area contributed by atoms with Crippen LogP contribution in [0.4, 0.5) is 0 Å². The molecule has 1 aromatic heterocycles. The van der Waals surface area contributed by atoms with Crippen molar-refractivity contribution in [1.29, 1.82) is 0 Å². The molecule has 1 heterocycles. The molecule has 0 saturated heterocycles. The predicted molar refractivity (Wildman–Crippen MR) is 58.4 cm³/mol. The number of aromatic nitrogens is 1. The van der Waals surface area contributed by atoms with Gasteiger partial charge in [0.2, 0.25) is 0 Å². The van der Waals surface area contributed by atoms with Gasteiger partial charge in [-0.25, -0.2) is 0 Å². The summed E-state index contributed by atoms with van der Waals surface area (Å²) in [6.07, 6.45) is 5.63. The molecule has 12 heavy (non-hydrogen) atoms. The van der Waals surface area contributed by atoms with Crippen molar-refractivity contribution in [3.05, 3.63) is 24.0 Å². The molecule has 0 radical (unpaired) electrons. The van der Waals surface area contributed by atoms with Crippen LogP contribution in [0.1, 0.15) is 5.56 Å². The van der Waals surface area contributed by atoms with Gasteiger partial charge in [-0.15, -0.1) is 36.6 Å². The highest BCUT2D eigenvalue weighted by Crippen LogP contribution is 2.17. The summed E-state index contributed by atoms with van der Waals surface area (Å²) >= 11 is 1.70. The second kappa shape index (κ2) is 7.68. The highest BCUT2D eigenvalue weighted by Gasteiger charge is 1.95. The van der Waals surface area contributed by atoms with Gasteiger partial charge < -0.3 is 5.73 Å². The smallest absolute Gasteiger partial charge is 0.0323 e. The molecule has 2 nitrogen and oxygen atoms in total. The number of hydrogen-bond donors (Lipinski definition) is 1. The molecule has 1 rings (SSSR count). The summed E-state index contributed by atoms with van der Waals surface area (Å²) in [4.78, 5) is 5.19. The lowest BCUT2D eigenvalue weighted by atomic mass is 10.3. The van der Waals surface area contributed by atoms with Gasteiger partial charge in [-0.1, -0.05) is 0 Å². The largest absolute Gasteiger partial charge is 0.326 e. The van der Waals surface area contributed by atoms with Gasteiger partial charge in [-0.2, -0.15) is 0 Å². The van der Waals surface area contributed by atoms with E-state index >= 15 is 0 Å². The van der Waals surface area contributed by atoms with Crippen LogP contribution in [0.25, 0.3) is 0 Å². The molecule has 1 aromatic rings. The third-order valence-corrected chi connectivity index (χ3v) is 2.14. The van der Waals surface area contributed by atoms with Crippen LogP contribution in [0.5, 0.6) is 0 Å². The van der Waals surface area contributed by atoms with Gasteiger partial charge in [0.05, 0.1) is 0 Å². The van der Waals surface area contributed by atoms with Crippen molar-refractivity contribution in [3.8, 4) is 0 Å². The molecule has 0 saturated carbocycles. The number of hydrogen-bond acceptors (Lipinski definition) is 3. The Bertz CT molecular complexity index is 197. The van der Waals surface area contributed by atoms with Crippen molar-refractivity contribution in [2.45, 2.75) is 11.4 Å². The Hall–Kier alpha value is 0.0400. The van der Waals surface area contributed by atoms with Gasteiger partial charge in [0.1, 0.15) is 0 Å². The Labute approximate surface area is 89.2 Å². The summed E-state index contributed by atoms with van der Waals surface area (Å²) in [6.45, 7) is 0.573. The molecule has 0 aliphatic rings. The lowest BCUT2D eigenvalue weighted by molar-refractivity contribution is 1.00. The highest BCUT2D eigenvalue weighted by molar-refractivity contribution is 7.98.